The Hall–Kier alpha value is -5.58. The van der Waals surface area contributed by atoms with Crippen LogP contribution in [0.2, 0.25) is 10.0 Å². The standard InChI is InChI=1S/C47H48Cl2N6O4/c1-24-15-28(5)50-33(17-24)23-53-39(47(57)58)21-32-16-25(2)18-38(43(32)53)54-22-29(6)55-44-36(12-13-37(48)41(44)40-30(7)51-52(9)31(40)8)35(45(55)46(54)56)11-10-14-59-34-19-26(3)42(49)27(4)20-34/h12-13,15-21,29H,10-11,14,22-23H2,1-9H3,(H,57,58). The molecule has 1 aliphatic heterocycles. The minimum absolute atomic E-state index is 0.132. The summed E-state index contributed by atoms with van der Waals surface area (Å²) >= 11 is 13.6. The number of pyridine rings is 1. The van der Waals surface area contributed by atoms with Gasteiger partial charge in [-0.2, -0.15) is 5.10 Å². The van der Waals surface area contributed by atoms with Gasteiger partial charge in [-0.3, -0.25) is 14.5 Å². The van der Waals surface area contributed by atoms with Crippen LogP contribution in [0.15, 0.2) is 54.6 Å². The Balaban J connectivity index is 1.30. The molecule has 5 heterocycles. The molecule has 1 aliphatic rings. The number of amides is 1. The van der Waals surface area contributed by atoms with Gasteiger partial charge in [0.1, 0.15) is 17.1 Å². The van der Waals surface area contributed by atoms with E-state index in [4.69, 9.17) is 38.0 Å². The number of rotatable bonds is 10. The summed E-state index contributed by atoms with van der Waals surface area (Å²) < 4.78 is 12.1. The summed E-state index contributed by atoms with van der Waals surface area (Å²) in [6.07, 6.45) is 1.20. The molecule has 12 heteroatoms. The van der Waals surface area contributed by atoms with Gasteiger partial charge in [-0.05, 0) is 145 Å². The minimum atomic E-state index is -1.05. The molecule has 4 aromatic heterocycles. The molecule has 3 aromatic carbocycles. The summed E-state index contributed by atoms with van der Waals surface area (Å²) in [5.41, 5.74) is 13.0. The van der Waals surface area contributed by atoms with Crippen molar-refractivity contribution in [3.8, 4) is 16.9 Å². The SMILES string of the molecule is Cc1cc(C)nc(Cn2c(C(=O)O)cc3cc(C)cc(N4CC(C)n5c(c(CCCOc6cc(C)c(Cl)c(C)c6)c6ccc(Cl)c(-c7c(C)nn(C)c7C)c65)C4=O)c32)c1. The lowest BCUT2D eigenvalue weighted by Gasteiger charge is -2.35. The Morgan fingerprint density at radius 2 is 1.63 bits per heavy atom. The van der Waals surface area contributed by atoms with Crippen molar-refractivity contribution in [1.29, 1.82) is 0 Å². The average Bonchev–Trinajstić information content (AvgIpc) is 3.78. The lowest BCUT2D eigenvalue weighted by molar-refractivity contribution is 0.0686. The molecule has 1 atom stereocenters. The van der Waals surface area contributed by atoms with Crippen LogP contribution in [-0.4, -0.2) is 54.0 Å². The topological polar surface area (TPSA) is 107 Å². The zero-order valence-corrected chi connectivity index (χ0v) is 36.4. The highest BCUT2D eigenvalue weighted by molar-refractivity contribution is 6.35. The molecule has 304 valence electrons. The number of aromatic carboxylic acids is 1. The number of anilines is 1. The lowest BCUT2D eigenvalue weighted by atomic mass is 9.98. The second-order valence-corrected chi connectivity index (χ2v) is 17.0. The second kappa shape index (κ2) is 15.2. The number of carbonyl (C=O) groups excluding carboxylic acids is 1. The number of carboxylic acid groups (broad SMARTS) is 1. The number of hydrogen-bond acceptors (Lipinski definition) is 5. The van der Waals surface area contributed by atoms with Crippen molar-refractivity contribution < 1.29 is 19.4 Å². The number of ether oxygens (including phenoxy) is 1. The summed E-state index contributed by atoms with van der Waals surface area (Å²) in [4.78, 5) is 35.0. The van der Waals surface area contributed by atoms with Crippen LogP contribution in [0, 0.1) is 48.5 Å². The van der Waals surface area contributed by atoms with Crippen molar-refractivity contribution in [3.63, 3.8) is 0 Å². The van der Waals surface area contributed by atoms with Gasteiger partial charge in [-0.15, -0.1) is 0 Å². The number of fused-ring (bicyclic) bond motifs is 4. The van der Waals surface area contributed by atoms with E-state index in [1.165, 1.54) is 0 Å². The molecule has 59 heavy (non-hydrogen) atoms. The summed E-state index contributed by atoms with van der Waals surface area (Å²) in [5, 5.41) is 18.3. The number of carboxylic acids is 1. The molecule has 0 bridgehead atoms. The number of nitrogens with zero attached hydrogens (tertiary/aromatic N) is 6. The minimum Gasteiger partial charge on any atom is -0.494 e. The molecule has 0 radical (unpaired) electrons. The van der Waals surface area contributed by atoms with E-state index in [0.717, 1.165) is 88.8 Å². The first-order valence-corrected chi connectivity index (χ1v) is 20.7. The van der Waals surface area contributed by atoms with Crippen molar-refractivity contribution in [2.75, 3.05) is 18.1 Å². The maximum Gasteiger partial charge on any atom is 0.352 e. The first kappa shape index (κ1) is 40.2. The van der Waals surface area contributed by atoms with Gasteiger partial charge in [0.2, 0.25) is 0 Å². The van der Waals surface area contributed by atoms with E-state index >= 15 is 4.79 Å². The summed E-state index contributed by atoms with van der Waals surface area (Å²) in [7, 11) is 1.93. The maximum absolute atomic E-state index is 15.5. The molecule has 8 rings (SSSR count). The molecule has 0 saturated carbocycles. The van der Waals surface area contributed by atoms with E-state index in [1.807, 2.05) is 114 Å². The van der Waals surface area contributed by atoms with Gasteiger partial charge >= 0.3 is 5.97 Å². The number of aromatic nitrogens is 5. The van der Waals surface area contributed by atoms with E-state index < -0.39 is 5.97 Å². The van der Waals surface area contributed by atoms with Gasteiger partial charge in [-0.25, -0.2) is 4.79 Å². The largest absolute Gasteiger partial charge is 0.494 e. The number of carbonyl (C=O) groups is 2. The van der Waals surface area contributed by atoms with E-state index in [2.05, 4.69) is 11.5 Å². The van der Waals surface area contributed by atoms with Crippen molar-refractivity contribution in [2.45, 2.75) is 80.8 Å². The fourth-order valence-corrected chi connectivity index (χ4v) is 9.55. The predicted octanol–water partition coefficient (Wildman–Crippen LogP) is 10.8. The number of hydrogen-bond donors (Lipinski definition) is 1. The Labute approximate surface area is 353 Å². The highest BCUT2D eigenvalue weighted by Gasteiger charge is 2.38. The van der Waals surface area contributed by atoms with Crippen molar-refractivity contribution >= 4 is 62.6 Å². The molecule has 0 spiro atoms. The van der Waals surface area contributed by atoms with E-state index in [-0.39, 0.29) is 24.2 Å². The monoisotopic (exact) mass is 830 g/mol. The van der Waals surface area contributed by atoms with Crippen molar-refractivity contribution in [3.05, 3.63) is 127 Å². The van der Waals surface area contributed by atoms with Crippen LogP contribution in [0.4, 0.5) is 5.69 Å². The average molecular weight is 832 g/mol. The van der Waals surface area contributed by atoms with Crippen LogP contribution in [0.25, 0.3) is 32.9 Å². The van der Waals surface area contributed by atoms with Gasteiger partial charge in [-0.1, -0.05) is 29.3 Å². The Kier molecular flexibility index (Phi) is 10.4. The van der Waals surface area contributed by atoms with Gasteiger partial charge in [0.15, 0.2) is 0 Å². The molecule has 1 amide bonds. The molecular formula is C47H48Cl2N6O4. The number of halogens is 2. The predicted molar refractivity (Wildman–Crippen MR) is 236 cm³/mol. The van der Waals surface area contributed by atoms with Gasteiger partial charge in [0.05, 0.1) is 46.3 Å². The normalized spacial score (nSPS) is 14.2. The Morgan fingerprint density at radius 1 is 0.915 bits per heavy atom. The first-order valence-electron chi connectivity index (χ1n) is 19.9. The quantitative estimate of drug-likeness (QED) is 0.138. The number of benzene rings is 3. The zero-order chi connectivity index (χ0) is 42.2. The third kappa shape index (κ3) is 6.96. The molecule has 0 aliphatic carbocycles. The van der Waals surface area contributed by atoms with Crippen LogP contribution in [-0.2, 0) is 20.0 Å². The smallest absolute Gasteiger partial charge is 0.352 e. The molecule has 7 aromatic rings. The van der Waals surface area contributed by atoms with Gasteiger partial charge in [0, 0.05) is 57.9 Å². The third-order valence-electron chi connectivity index (χ3n) is 11.7. The fourth-order valence-electron chi connectivity index (χ4n) is 9.19. The van der Waals surface area contributed by atoms with E-state index in [0.29, 0.717) is 47.9 Å². The van der Waals surface area contributed by atoms with Crippen LogP contribution in [0.5, 0.6) is 5.75 Å². The molecule has 0 fully saturated rings. The maximum atomic E-state index is 15.5. The summed E-state index contributed by atoms with van der Waals surface area (Å²) in [5.74, 6) is -0.461. The fraction of sp³-hybridized carbons (Fsp3) is 0.319. The van der Waals surface area contributed by atoms with Crippen LogP contribution < -0.4 is 9.64 Å². The molecule has 1 unspecified atom stereocenters. The molecule has 10 nitrogen and oxygen atoms in total. The first-order chi connectivity index (χ1) is 28.0. The zero-order valence-electron chi connectivity index (χ0n) is 34.9. The van der Waals surface area contributed by atoms with Crippen LogP contribution >= 0.6 is 23.2 Å². The third-order valence-corrected chi connectivity index (χ3v) is 12.6. The van der Waals surface area contributed by atoms with Crippen LogP contribution in [0.3, 0.4) is 0 Å². The summed E-state index contributed by atoms with van der Waals surface area (Å²) in [6, 6.07) is 17.3. The lowest BCUT2D eigenvalue weighted by Crippen LogP contribution is -2.43. The highest BCUT2D eigenvalue weighted by Crippen LogP contribution is 2.46. The molecule has 0 saturated heterocycles. The van der Waals surface area contributed by atoms with Gasteiger partial charge < -0.3 is 23.9 Å². The van der Waals surface area contributed by atoms with E-state index in [9.17, 15) is 9.90 Å². The van der Waals surface area contributed by atoms with Gasteiger partial charge in [0.25, 0.3) is 5.91 Å². The highest BCUT2D eigenvalue weighted by atomic mass is 35.5. The second-order valence-electron chi connectivity index (χ2n) is 16.2. The molecular weight excluding hydrogens is 783 g/mol. The van der Waals surface area contributed by atoms with Crippen LogP contribution in [0.1, 0.15) is 91.0 Å². The van der Waals surface area contributed by atoms with Crippen molar-refractivity contribution in [1.82, 2.24) is 23.9 Å². The Bertz CT molecular complexity index is 2840. The number of aryl methyl sites for hydroxylation is 8. The van der Waals surface area contributed by atoms with E-state index in [1.54, 1.807) is 10.6 Å². The van der Waals surface area contributed by atoms with Crippen molar-refractivity contribution in [2.24, 2.45) is 7.05 Å². The summed E-state index contributed by atoms with van der Waals surface area (Å²) in [6.45, 7) is 17.0. The Morgan fingerprint density at radius 3 is 2.29 bits per heavy atom. The molecule has 1 N–H and O–H groups in total.